The molecule has 0 aliphatic rings. The number of pyridine rings is 1. The van der Waals surface area contributed by atoms with Crippen LogP contribution in [-0.2, 0) is 13.2 Å². The molecule has 0 amide bonds. The standard InChI is InChI=1S/C22H26N2O2/c1-4-24(5-2)14-20-16(3)23-21-12-11-18(13-19(21)22(20)25)26-15-17-9-7-6-8-10-17/h6-13H,4-5,14-15H2,1-3H3,(H,23,25)/p+1. The Labute approximate surface area is 154 Å². The maximum atomic E-state index is 13.1. The SMILES string of the molecule is CC[NH+](CC)Cc1c(C)[nH]c2ccc(OCc3ccccc3)cc2c1=O. The van der Waals surface area contributed by atoms with Gasteiger partial charge in [0.25, 0.3) is 0 Å². The van der Waals surface area contributed by atoms with Crippen LogP contribution in [0.2, 0.25) is 0 Å². The molecule has 0 aliphatic heterocycles. The van der Waals surface area contributed by atoms with E-state index in [1.807, 2.05) is 55.5 Å². The zero-order chi connectivity index (χ0) is 18.5. The molecule has 0 unspecified atom stereocenters. The summed E-state index contributed by atoms with van der Waals surface area (Å²) in [4.78, 5) is 17.8. The summed E-state index contributed by atoms with van der Waals surface area (Å²) in [6.45, 7) is 9.55. The van der Waals surface area contributed by atoms with Crippen LogP contribution in [0.15, 0.2) is 53.3 Å². The molecule has 0 saturated carbocycles. The van der Waals surface area contributed by atoms with Crippen LogP contribution >= 0.6 is 0 Å². The van der Waals surface area contributed by atoms with Crippen molar-refractivity contribution in [2.24, 2.45) is 0 Å². The lowest BCUT2D eigenvalue weighted by molar-refractivity contribution is -0.910. The van der Waals surface area contributed by atoms with Crippen LogP contribution in [0.4, 0.5) is 0 Å². The number of nitrogens with one attached hydrogen (secondary N) is 2. The number of quaternary nitrogens is 1. The first kappa shape index (κ1) is 18.2. The largest absolute Gasteiger partial charge is 0.489 e. The molecule has 2 aromatic carbocycles. The summed E-state index contributed by atoms with van der Waals surface area (Å²) in [5, 5.41) is 0.697. The van der Waals surface area contributed by atoms with Crippen LogP contribution in [-0.4, -0.2) is 18.1 Å². The van der Waals surface area contributed by atoms with E-state index in [4.69, 9.17) is 4.74 Å². The Balaban J connectivity index is 1.91. The van der Waals surface area contributed by atoms with Gasteiger partial charge >= 0.3 is 0 Å². The quantitative estimate of drug-likeness (QED) is 0.688. The Kier molecular flexibility index (Phi) is 5.74. The zero-order valence-corrected chi connectivity index (χ0v) is 15.8. The predicted octanol–water partition coefficient (Wildman–Crippen LogP) is 2.84. The molecular formula is C22H27N2O2+. The van der Waals surface area contributed by atoms with Gasteiger partial charge in [-0.25, -0.2) is 0 Å². The molecule has 136 valence electrons. The van der Waals surface area contributed by atoms with Gasteiger partial charge in [0, 0.05) is 16.6 Å². The van der Waals surface area contributed by atoms with Crippen LogP contribution < -0.4 is 15.1 Å². The monoisotopic (exact) mass is 351 g/mol. The normalized spacial score (nSPS) is 11.2. The Hall–Kier alpha value is -2.59. The van der Waals surface area contributed by atoms with Gasteiger partial charge in [-0.3, -0.25) is 4.79 Å². The second kappa shape index (κ2) is 8.19. The molecule has 0 aliphatic carbocycles. The average molecular weight is 351 g/mol. The minimum Gasteiger partial charge on any atom is -0.489 e. The minimum absolute atomic E-state index is 0.112. The van der Waals surface area contributed by atoms with Crippen molar-refractivity contribution in [1.82, 2.24) is 4.98 Å². The second-order valence-electron chi connectivity index (χ2n) is 6.67. The number of hydrogen-bond acceptors (Lipinski definition) is 2. The van der Waals surface area contributed by atoms with Crippen molar-refractivity contribution in [1.29, 1.82) is 0 Å². The van der Waals surface area contributed by atoms with Crippen LogP contribution in [0.1, 0.15) is 30.7 Å². The molecule has 2 N–H and O–H groups in total. The molecule has 0 bridgehead atoms. The molecular weight excluding hydrogens is 324 g/mol. The predicted molar refractivity (Wildman–Crippen MR) is 106 cm³/mol. The Morgan fingerprint density at radius 2 is 1.77 bits per heavy atom. The number of H-pyrrole nitrogens is 1. The van der Waals surface area contributed by atoms with Crippen LogP contribution in [0, 0.1) is 6.92 Å². The van der Waals surface area contributed by atoms with Gasteiger partial charge in [-0.2, -0.15) is 0 Å². The van der Waals surface area contributed by atoms with Crippen LogP contribution in [0.3, 0.4) is 0 Å². The van der Waals surface area contributed by atoms with Crippen LogP contribution in [0.25, 0.3) is 10.9 Å². The molecule has 0 saturated heterocycles. The maximum absolute atomic E-state index is 13.1. The molecule has 1 aromatic heterocycles. The highest BCUT2D eigenvalue weighted by atomic mass is 16.5. The fraction of sp³-hybridized carbons (Fsp3) is 0.318. The first-order valence-corrected chi connectivity index (χ1v) is 9.28. The number of ether oxygens (including phenoxy) is 1. The zero-order valence-electron chi connectivity index (χ0n) is 15.8. The summed E-state index contributed by atoms with van der Waals surface area (Å²) in [6.07, 6.45) is 0. The van der Waals surface area contributed by atoms with Crippen molar-refractivity contribution in [3.05, 3.63) is 75.6 Å². The highest BCUT2D eigenvalue weighted by molar-refractivity contribution is 5.81. The van der Waals surface area contributed by atoms with E-state index in [9.17, 15) is 4.79 Å². The maximum Gasteiger partial charge on any atom is 0.198 e. The number of hydrogen-bond donors (Lipinski definition) is 2. The van der Waals surface area contributed by atoms with Crippen molar-refractivity contribution in [3.8, 4) is 5.75 Å². The molecule has 3 rings (SSSR count). The van der Waals surface area contributed by atoms with Gasteiger partial charge < -0.3 is 14.6 Å². The summed E-state index contributed by atoms with van der Waals surface area (Å²) in [5.41, 5.74) is 3.91. The van der Waals surface area contributed by atoms with E-state index in [1.54, 1.807) is 0 Å². The summed E-state index contributed by atoms with van der Waals surface area (Å²) >= 11 is 0. The van der Waals surface area contributed by atoms with E-state index in [-0.39, 0.29) is 5.43 Å². The van der Waals surface area contributed by atoms with E-state index in [0.29, 0.717) is 12.0 Å². The molecule has 0 radical (unpaired) electrons. The third-order valence-electron chi connectivity index (χ3n) is 4.96. The first-order valence-electron chi connectivity index (χ1n) is 9.28. The molecule has 3 aromatic rings. The van der Waals surface area contributed by atoms with E-state index < -0.39 is 0 Å². The summed E-state index contributed by atoms with van der Waals surface area (Å²) in [7, 11) is 0. The number of aromatic amines is 1. The van der Waals surface area contributed by atoms with Crippen molar-refractivity contribution >= 4 is 10.9 Å². The lowest BCUT2D eigenvalue weighted by Crippen LogP contribution is -3.10. The smallest absolute Gasteiger partial charge is 0.198 e. The van der Waals surface area contributed by atoms with Gasteiger partial charge in [-0.15, -0.1) is 0 Å². The van der Waals surface area contributed by atoms with Crippen molar-refractivity contribution < 1.29 is 9.64 Å². The fourth-order valence-electron chi connectivity index (χ4n) is 3.22. The van der Waals surface area contributed by atoms with E-state index in [0.717, 1.165) is 47.7 Å². The third-order valence-corrected chi connectivity index (χ3v) is 4.96. The lowest BCUT2D eigenvalue weighted by Gasteiger charge is -2.17. The van der Waals surface area contributed by atoms with Crippen molar-refractivity contribution in [3.63, 3.8) is 0 Å². The summed E-state index contributed by atoms with van der Waals surface area (Å²) in [6, 6.07) is 15.7. The first-order chi connectivity index (χ1) is 12.6. The topological polar surface area (TPSA) is 46.5 Å². The lowest BCUT2D eigenvalue weighted by atomic mass is 10.1. The fourth-order valence-corrected chi connectivity index (χ4v) is 3.22. The van der Waals surface area contributed by atoms with Gasteiger partial charge in [0.1, 0.15) is 18.9 Å². The molecule has 4 nitrogen and oxygen atoms in total. The number of benzene rings is 2. The van der Waals surface area contributed by atoms with Gasteiger partial charge in [-0.1, -0.05) is 30.3 Å². The summed E-state index contributed by atoms with van der Waals surface area (Å²) < 4.78 is 5.89. The molecule has 0 spiro atoms. The van der Waals surface area contributed by atoms with E-state index >= 15 is 0 Å². The van der Waals surface area contributed by atoms with Crippen molar-refractivity contribution in [2.75, 3.05) is 13.1 Å². The molecule has 1 heterocycles. The van der Waals surface area contributed by atoms with E-state index in [2.05, 4.69) is 18.8 Å². The molecule has 4 heteroatoms. The Morgan fingerprint density at radius 3 is 2.46 bits per heavy atom. The number of rotatable bonds is 7. The van der Waals surface area contributed by atoms with Gasteiger partial charge in [0.2, 0.25) is 0 Å². The van der Waals surface area contributed by atoms with Crippen molar-refractivity contribution in [2.45, 2.75) is 33.9 Å². The Morgan fingerprint density at radius 1 is 1.04 bits per heavy atom. The van der Waals surface area contributed by atoms with Gasteiger partial charge in [-0.05, 0) is 44.5 Å². The minimum atomic E-state index is 0.112. The highest BCUT2D eigenvalue weighted by Gasteiger charge is 2.15. The van der Waals surface area contributed by atoms with Crippen LogP contribution in [0.5, 0.6) is 5.75 Å². The molecule has 26 heavy (non-hydrogen) atoms. The summed E-state index contributed by atoms with van der Waals surface area (Å²) in [5.74, 6) is 0.719. The third kappa shape index (κ3) is 3.97. The van der Waals surface area contributed by atoms with Gasteiger partial charge in [0.05, 0.1) is 18.7 Å². The number of aromatic nitrogens is 1. The average Bonchev–Trinajstić information content (AvgIpc) is 2.67. The second-order valence-corrected chi connectivity index (χ2v) is 6.67. The number of aryl methyl sites for hydroxylation is 1. The van der Waals surface area contributed by atoms with E-state index in [1.165, 1.54) is 4.90 Å². The number of fused-ring (bicyclic) bond motifs is 1. The van der Waals surface area contributed by atoms with Gasteiger partial charge in [0.15, 0.2) is 5.43 Å². The molecule has 0 atom stereocenters. The Bertz CT molecular complexity index is 928. The highest BCUT2D eigenvalue weighted by Crippen LogP contribution is 2.19. The molecule has 0 fully saturated rings.